The van der Waals surface area contributed by atoms with Crippen molar-refractivity contribution in [1.29, 1.82) is 0 Å². The van der Waals surface area contributed by atoms with Crippen molar-refractivity contribution in [2.75, 3.05) is 13.1 Å². The maximum atomic E-state index is 13.9. The van der Waals surface area contributed by atoms with Gasteiger partial charge in [0.2, 0.25) is 0 Å². The van der Waals surface area contributed by atoms with Crippen LogP contribution in [0.5, 0.6) is 0 Å². The van der Waals surface area contributed by atoms with Crippen LogP contribution in [0.15, 0.2) is 24.3 Å². The predicted octanol–water partition coefficient (Wildman–Crippen LogP) is 1.16. The van der Waals surface area contributed by atoms with Crippen LogP contribution in [0.25, 0.3) is 0 Å². The van der Waals surface area contributed by atoms with Gasteiger partial charge < -0.3 is 11.5 Å². The molecule has 1 aromatic rings. The van der Waals surface area contributed by atoms with Gasteiger partial charge in [-0.25, -0.2) is 4.39 Å². The largest absolute Gasteiger partial charge is 0.327 e. The van der Waals surface area contributed by atoms with Gasteiger partial charge in [0.05, 0.1) is 0 Å². The van der Waals surface area contributed by atoms with E-state index in [-0.39, 0.29) is 13.1 Å². The Hall–Kier alpha value is -0.930. The Balaban J connectivity index is 2.82. The van der Waals surface area contributed by atoms with Crippen LogP contribution in [-0.4, -0.2) is 18.8 Å². The maximum Gasteiger partial charge on any atom is 0.139 e. The van der Waals surface area contributed by atoms with Crippen molar-refractivity contribution < 1.29 is 4.39 Å². The minimum atomic E-state index is -1.47. The molecular weight excluding hydrogens is 179 g/mol. The second-order valence-corrected chi connectivity index (χ2v) is 3.66. The molecule has 0 radical (unpaired) electrons. The average molecular weight is 196 g/mol. The molecule has 0 saturated carbocycles. The maximum absolute atomic E-state index is 13.9. The molecular formula is C11H17FN2. The third-order valence-corrected chi connectivity index (χ3v) is 2.50. The highest BCUT2D eigenvalue weighted by Gasteiger charge is 2.26. The number of nitrogens with two attached hydrogens (primary N) is 2. The van der Waals surface area contributed by atoms with Gasteiger partial charge in [-0.2, -0.15) is 0 Å². The Labute approximate surface area is 84.1 Å². The lowest BCUT2D eigenvalue weighted by Crippen LogP contribution is -2.42. The molecule has 0 atom stereocenters. The second-order valence-electron chi connectivity index (χ2n) is 3.66. The summed E-state index contributed by atoms with van der Waals surface area (Å²) in [5.74, 6) is 0. The number of benzene rings is 1. The Morgan fingerprint density at radius 2 is 1.79 bits per heavy atom. The first-order chi connectivity index (χ1) is 6.61. The highest BCUT2D eigenvalue weighted by Crippen LogP contribution is 2.18. The molecule has 4 N–H and O–H groups in total. The van der Waals surface area contributed by atoms with Gasteiger partial charge in [0.25, 0.3) is 0 Å². The van der Waals surface area contributed by atoms with Crippen molar-refractivity contribution in [2.45, 2.75) is 19.0 Å². The SMILES string of the molecule is Cc1ccccc1CC(F)(CN)CN. The highest BCUT2D eigenvalue weighted by molar-refractivity contribution is 5.27. The number of alkyl halides is 1. The Morgan fingerprint density at radius 3 is 2.29 bits per heavy atom. The first-order valence-corrected chi connectivity index (χ1v) is 4.75. The normalized spacial score (nSPS) is 11.7. The van der Waals surface area contributed by atoms with Crippen molar-refractivity contribution in [3.8, 4) is 0 Å². The van der Waals surface area contributed by atoms with Crippen LogP contribution in [0.1, 0.15) is 11.1 Å². The minimum absolute atomic E-state index is 0.0299. The molecule has 3 heteroatoms. The van der Waals surface area contributed by atoms with Crippen LogP contribution in [0.2, 0.25) is 0 Å². The van der Waals surface area contributed by atoms with Crippen LogP contribution in [0, 0.1) is 6.92 Å². The zero-order valence-electron chi connectivity index (χ0n) is 8.46. The molecule has 0 amide bonds. The van der Waals surface area contributed by atoms with E-state index < -0.39 is 5.67 Å². The topological polar surface area (TPSA) is 52.0 Å². The zero-order valence-corrected chi connectivity index (χ0v) is 8.46. The van der Waals surface area contributed by atoms with Crippen LogP contribution in [0.3, 0.4) is 0 Å². The van der Waals surface area contributed by atoms with Gasteiger partial charge in [-0.3, -0.25) is 0 Å². The van der Waals surface area contributed by atoms with Crippen LogP contribution >= 0.6 is 0 Å². The average Bonchev–Trinajstić information content (AvgIpc) is 2.21. The zero-order chi connectivity index (χ0) is 10.6. The summed E-state index contributed by atoms with van der Waals surface area (Å²) in [6, 6.07) is 7.71. The first kappa shape index (κ1) is 11.1. The lowest BCUT2D eigenvalue weighted by atomic mass is 9.94. The molecule has 78 valence electrons. The van der Waals surface area contributed by atoms with Crippen LogP contribution < -0.4 is 11.5 Å². The fourth-order valence-electron chi connectivity index (χ4n) is 1.38. The third-order valence-electron chi connectivity index (χ3n) is 2.50. The van der Waals surface area contributed by atoms with E-state index in [2.05, 4.69) is 0 Å². The van der Waals surface area contributed by atoms with Gasteiger partial charge in [0.15, 0.2) is 0 Å². The van der Waals surface area contributed by atoms with E-state index in [9.17, 15) is 4.39 Å². The van der Waals surface area contributed by atoms with E-state index in [1.54, 1.807) is 0 Å². The summed E-state index contributed by atoms with van der Waals surface area (Å²) in [6.45, 7) is 1.90. The molecule has 0 aromatic heterocycles. The third kappa shape index (κ3) is 2.53. The van der Waals surface area contributed by atoms with Crippen molar-refractivity contribution >= 4 is 0 Å². The Kier molecular flexibility index (Phi) is 3.61. The van der Waals surface area contributed by atoms with Crippen LogP contribution in [-0.2, 0) is 6.42 Å². The lowest BCUT2D eigenvalue weighted by Gasteiger charge is -2.22. The van der Waals surface area contributed by atoms with Crippen molar-refractivity contribution in [3.63, 3.8) is 0 Å². The highest BCUT2D eigenvalue weighted by atomic mass is 19.1. The molecule has 0 aliphatic heterocycles. The van der Waals surface area contributed by atoms with Gasteiger partial charge in [-0.1, -0.05) is 24.3 Å². The molecule has 0 unspecified atom stereocenters. The lowest BCUT2D eigenvalue weighted by molar-refractivity contribution is 0.183. The number of halogens is 1. The van der Waals surface area contributed by atoms with Crippen LogP contribution in [0.4, 0.5) is 4.39 Å². The number of hydrogen-bond acceptors (Lipinski definition) is 2. The van der Waals surface area contributed by atoms with Gasteiger partial charge in [-0.05, 0) is 18.1 Å². The molecule has 0 fully saturated rings. The number of aryl methyl sites for hydroxylation is 1. The molecule has 0 heterocycles. The summed E-state index contributed by atoms with van der Waals surface area (Å²) in [5.41, 5.74) is 11.3. The van der Waals surface area contributed by atoms with E-state index >= 15 is 0 Å². The van der Waals surface area contributed by atoms with E-state index in [0.717, 1.165) is 11.1 Å². The smallest absolute Gasteiger partial charge is 0.139 e. The molecule has 0 saturated heterocycles. The van der Waals surface area contributed by atoms with Gasteiger partial charge in [0, 0.05) is 19.5 Å². The standard InChI is InChI=1S/C11H17FN2/c1-9-4-2-3-5-10(9)6-11(12,7-13)8-14/h2-5H,6-8,13-14H2,1H3. The van der Waals surface area contributed by atoms with Gasteiger partial charge in [-0.15, -0.1) is 0 Å². The second kappa shape index (κ2) is 4.53. The predicted molar refractivity (Wildman–Crippen MR) is 56.8 cm³/mol. The molecule has 0 aliphatic carbocycles. The number of hydrogen-bond donors (Lipinski definition) is 2. The molecule has 0 bridgehead atoms. The molecule has 0 aliphatic rings. The van der Waals surface area contributed by atoms with Crippen molar-refractivity contribution in [1.82, 2.24) is 0 Å². The summed E-state index contributed by atoms with van der Waals surface area (Å²) in [5, 5.41) is 0. The quantitative estimate of drug-likeness (QED) is 0.759. The van der Waals surface area contributed by atoms with E-state index in [4.69, 9.17) is 11.5 Å². The summed E-state index contributed by atoms with van der Waals surface area (Å²) in [4.78, 5) is 0. The summed E-state index contributed by atoms with van der Waals surface area (Å²) < 4.78 is 13.9. The summed E-state index contributed by atoms with van der Waals surface area (Å²) in [7, 11) is 0. The molecule has 0 spiro atoms. The minimum Gasteiger partial charge on any atom is -0.327 e. The summed E-state index contributed by atoms with van der Waals surface area (Å²) >= 11 is 0. The monoisotopic (exact) mass is 196 g/mol. The first-order valence-electron chi connectivity index (χ1n) is 4.75. The molecule has 14 heavy (non-hydrogen) atoms. The number of rotatable bonds is 4. The van der Waals surface area contributed by atoms with E-state index in [1.807, 2.05) is 31.2 Å². The molecule has 2 nitrogen and oxygen atoms in total. The molecule has 1 rings (SSSR count). The van der Waals surface area contributed by atoms with E-state index in [0.29, 0.717) is 6.42 Å². The Morgan fingerprint density at radius 1 is 1.21 bits per heavy atom. The van der Waals surface area contributed by atoms with Gasteiger partial charge >= 0.3 is 0 Å². The van der Waals surface area contributed by atoms with E-state index in [1.165, 1.54) is 0 Å². The summed E-state index contributed by atoms with van der Waals surface area (Å²) in [6.07, 6.45) is 0.298. The fourth-order valence-corrected chi connectivity index (χ4v) is 1.38. The van der Waals surface area contributed by atoms with Gasteiger partial charge in [0.1, 0.15) is 5.67 Å². The van der Waals surface area contributed by atoms with Crippen molar-refractivity contribution in [3.05, 3.63) is 35.4 Å². The van der Waals surface area contributed by atoms with Crippen molar-refractivity contribution in [2.24, 2.45) is 11.5 Å². The Bertz CT molecular complexity index is 295. The molecule has 1 aromatic carbocycles. The fraction of sp³-hybridized carbons (Fsp3) is 0.455.